The van der Waals surface area contributed by atoms with Gasteiger partial charge in [-0.05, 0) is 38.0 Å². The molecule has 1 heterocycles. The van der Waals surface area contributed by atoms with Crippen molar-refractivity contribution >= 4 is 5.91 Å². The highest BCUT2D eigenvalue weighted by Gasteiger charge is 2.57. The molecule has 2 saturated carbocycles. The third-order valence-corrected chi connectivity index (χ3v) is 5.29. The molecule has 1 saturated heterocycles. The fourth-order valence-corrected chi connectivity index (χ4v) is 3.71. The minimum atomic E-state index is -0.125. The number of nitrogens with one attached hydrogen (secondary N) is 1. The summed E-state index contributed by atoms with van der Waals surface area (Å²) >= 11 is 0. The molecule has 1 atom stereocenters. The molecule has 3 nitrogen and oxygen atoms in total. The number of carbonyl (C=O) groups is 1. The predicted octanol–water partition coefficient (Wildman–Crippen LogP) is 2.51. The molecule has 1 spiro atoms. The van der Waals surface area contributed by atoms with Crippen LogP contribution in [-0.2, 0) is 4.79 Å². The van der Waals surface area contributed by atoms with Crippen molar-refractivity contribution in [2.75, 3.05) is 6.54 Å². The van der Waals surface area contributed by atoms with Gasteiger partial charge >= 0.3 is 0 Å². The van der Waals surface area contributed by atoms with Crippen LogP contribution in [0.2, 0.25) is 0 Å². The molecule has 1 N–H and O–H groups in total. The predicted molar refractivity (Wildman–Crippen MR) is 72.0 cm³/mol. The van der Waals surface area contributed by atoms with Crippen molar-refractivity contribution in [2.45, 2.75) is 70.5 Å². The van der Waals surface area contributed by atoms with Gasteiger partial charge in [0.05, 0.1) is 11.7 Å². The molecule has 1 amide bonds. The molecule has 2 aliphatic carbocycles. The Morgan fingerprint density at radius 1 is 1.22 bits per heavy atom. The standard InChI is InChI=1S/C15H26N2O/c1-11-3-5-13(6-4-11)7-10-17-12(2)16-15(8-9-15)14(17)18/h11-13,16H,3-10H2,1-2H3. The second-order valence-corrected chi connectivity index (χ2v) is 6.82. The first kappa shape index (κ1) is 12.5. The molecule has 102 valence electrons. The largest absolute Gasteiger partial charge is 0.326 e. The van der Waals surface area contributed by atoms with Crippen molar-refractivity contribution in [2.24, 2.45) is 11.8 Å². The Morgan fingerprint density at radius 3 is 2.44 bits per heavy atom. The van der Waals surface area contributed by atoms with E-state index in [1.54, 1.807) is 0 Å². The molecule has 3 rings (SSSR count). The van der Waals surface area contributed by atoms with Crippen LogP contribution in [-0.4, -0.2) is 29.1 Å². The summed E-state index contributed by atoms with van der Waals surface area (Å²) in [5.41, 5.74) is -0.125. The summed E-state index contributed by atoms with van der Waals surface area (Å²) < 4.78 is 0. The number of rotatable bonds is 3. The van der Waals surface area contributed by atoms with Gasteiger partial charge in [-0.25, -0.2) is 0 Å². The highest BCUT2D eigenvalue weighted by molar-refractivity contribution is 5.91. The van der Waals surface area contributed by atoms with Gasteiger partial charge in [-0.2, -0.15) is 0 Å². The molecule has 3 heteroatoms. The van der Waals surface area contributed by atoms with E-state index in [1.165, 1.54) is 32.1 Å². The molecule has 1 aliphatic heterocycles. The third-order valence-electron chi connectivity index (χ3n) is 5.29. The number of nitrogens with zero attached hydrogens (tertiary/aromatic N) is 1. The number of hydrogen-bond donors (Lipinski definition) is 1. The molecule has 0 radical (unpaired) electrons. The number of amides is 1. The summed E-state index contributed by atoms with van der Waals surface area (Å²) in [6.45, 7) is 5.46. The maximum Gasteiger partial charge on any atom is 0.244 e. The average molecular weight is 250 g/mol. The molecule has 0 bridgehead atoms. The van der Waals surface area contributed by atoms with Crippen LogP contribution < -0.4 is 5.32 Å². The van der Waals surface area contributed by atoms with Gasteiger partial charge in [-0.15, -0.1) is 0 Å². The Kier molecular flexibility index (Phi) is 3.13. The molecule has 1 unspecified atom stereocenters. The van der Waals surface area contributed by atoms with E-state index in [0.29, 0.717) is 5.91 Å². The van der Waals surface area contributed by atoms with E-state index >= 15 is 0 Å². The van der Waals surface area contributed by atoms with E-state index in [0.717, 1.165) is 31.2 Å². The second kappa shape index (κ2) is 4.52. The first-order valence-corrected chi connectivity index (χ1v) is 7.69. The molecular formula is C15H26N2O. The first-order chi connectivity index (χ1) is 8.61. The fourth-order valence-electron chi connectivity index (χ4n) is 3.71. The van der Waals surface area contributed by atoms with Crippen molar-refractivity contribution in [3.63, 3.8) is 0 Å². The van der Waals surface area contributed by atoms with Gasteiger partial charge in [0.2, 0.25) is 5.91 Å². The normalized spacial score (nSPS) is 38.4. The van der Waals surface area contributed by atoms with E-state index in [4.69, 9.17) is 0 Å². The highest BCUT2D eigenvalue weighted by Crippen LogP contribution is 2.42. The highest BCUT2D eigenvalue weighted by atomic mass is 16.2. The van der Waals surface area contributed by atoms with Crippen LogP contribution in [0, 0.1) is 11.8 Å². The lowest BCUT2D eigenvalue weighted by Crippen LogP contribution is -2.36. The lowest BCUT2D eigenvalue weighted by atomic mass is 9.81. The quantitative estimate of drug-likeness (QED) is 0.834. The van der Waals surface area contributed by atoms with Gasteiger partial charge < -0.3 is 4.90 Å². The van der Waals surface area contributed by atoms with Gasteiger partial charge in [-0.1, -0.05) is 32.6 Å². The Bertz CT molecular complexity index is 329. The zero-order chi connectivity index (χ0) is 12.8. The van der Waals surface area contributed by atoms with E-state index in [1.807, 2.05) is 0 Å². The lowest BCUT2D eigenvalue weighted by Gasteiger charge is -2.28. The zero-order valence-electron chi connectivity index (χ0n) is 11.7. The number of hydrogen-bond acceptors (Lipinski definition) is 2. The Labute approximate surface area is 110 Å². The van der Waals surface area contributed by atoms with Crippen molar-refractivity contribution in [1.29, 1.82) is 0 Å². The molecule has 0 aromatic rings. The fraction of sp³-hybridized carbons (Fsp3) is 0.933. The van der Waals surface area contributed by atoms with Crippen LogP contribution in [0.5, 0.6) is 0 Å². The maximum atomic E-state index is 12.3. The minimum absolute atomic E-state index is 0.125. The molecule has 3 fully saturated rings. The summed E-state index contributed by atoms with van der Waals surface area (Å²) in [6.07, 6.45) is 9.07. The molecule has 18 heavy (non-hydrogen) atoms. The van der Waals surface area contributed by atoms with E-state index in [9.17, 15) is 4.79 Å². The number of carbonyl (C=O) groups excluding carboxylic acids is 1. The van der Waals surface area contributed by atoms with E-state index < -0.39 is 0 Å². The van der Waals surface area contributed by atoms with Gasteiger partial charge in [0.1, 0.15) is 0 Å². The van der Waals surface area contributed by atoms with Gasteiger partial charge in [0.25, 0.3) is 0 Å². The van der Waals surface area contributed by atoms with Crippen LogP contribution >= 0.6 is 0 Å². The van der Waals surface area contributed by atoms with E-state index in [2.05, 4.69) is 24.1 Å². The second-order valence-electron chi connectivity index (χ2n) is 6.82. The molecule has 0 aromatic heterocycles. The smallest absolute Gasteiger partial charge is 0.244 e. The summed E-state index contributed by atoms with van der Waals surface area (Å²) in [5, 5.41) is 3.48. The molecular weight excluding hydrogens is 224 g/mol. The van der Waals surface area contributed by atoms with Crippen molar-refractivity contribution in [1.82, 2.24) is 10.2 Å². The van der Waals surface area contributed by atoms with Crippen LogP contribution in [0.4, 0.5) is 0 Å². The van der Waals surface area contributed by atoms with Crippen LogP contribution in [0.15, 0.2) is 0 Å². The van der Waals surface area contributed by atoms with Crippen LogP contribution in [0.1, 0.15) is 58.8 Å². The Hall–Kier alpha value is -0.570. The third kappa shape index (κ3) is 2.18. The zero-order valence-corrected chi connectivity index (χ0v) is 11.7. The van der Waals surface area contributed by atoms with Crippen molar-refractivity contribution in [3.05, 3.63) is 0 Å². The van der Waals surface area contributed by atoms with Gasteiger partial charge in [-0.3, -0.25) is 10.1 Å². The van der Waals surface area contributed by atoms with Gasteiger partial charge in [0, 0.05) is 6.54 Å². The monoisotopic (exact) mass is 250 g/mol. The molecule has 0 aromatic carbocycles. The molecule has 3 aliphatic rings. The maximum absolute atomic E-state index is 12.3. The van der Waals surface area contributed by atoms with Crippen molar-refractivity contribution in [3.8, 4) is 0 Å². The average Bonchev–Trinajstić information content (AvgIpc) is 3.07. The Balaban J connectivity index is 1.50. The summed E-state index contributed by atoms with van der Waals surface area (Å²) in [4.78, 5) is 14.4. The lowest BCUT2D eigenvalue weighted by molar-refractivity contribution is -0.130. The van der Waals surface area contributed by atoms with Crippen LogP contribution in [0.25, 0.3) is 0 Å². The SMILES string of the molecule is CC1CCC(CCN2C(=O)C3(CC3)NC2C)CC1. The van der Waals surface area contributed by atoms with E-state index in [-0.39, 0.29) is 11.7 Å². The van der Waals surface area contributed by atoms with Crippen LogP contribution in [0.3, 0.4) is 0 Å². The summed E-state index contributed by atoms with van der Waals surface area (Å²) in [5.74, 6) is 2.15. The van der Waals surface area contributed by atoms with Gasteiger partial charge in [0.15, 0.2) is 0 Å². The minimum Gasteiger partial charge on any atom is -0.326 e. The van der Waals surface area contributed by atoms with Crippen molar-refractivity contribution < 1.29 is 4.79 Å². The topological polar surface area (TPSA) is 32.3 Å². The summed E-state index contributed by atoms with van der Waals surface area (Å²) in [7, 11) is 0. The summed E-state index contributed by atoms with van der Waals surface area (Å²) in [6, 6.07) is 0. The first-order valence-electron chi connectivity index (χ1n) is 7.69. The Morgan fingerprint density at radius 2 is 1.89 bits per heavy atom.